The van der Waals surface area contributed by atoms with Gasteiger partial charge in [-0.15, -0.1) is 0 Å². The molecule has 0 spiro atoms. The van der Waals surface area contributed by atoms with Gasteiger partial charge in [0.15, 0.2) is 5.82 Å². The second kappa shape index (κ2) is 6.90. The Hall–Kier alpha value is -3.09. The molecule has 27 heavy (non-hydrogen) atoms. The van der Waals surface area contributed by atoms with Crippen molar-refractivity contribution in [1.29, 1.82) is 0 Å². The molecule has 1 fully saturated rings. The fraction of sp³-hybridized carbons (Fsp3) is 0.300. The Morgan fingerprint density at radius 2 is 2.07 bits per heavy atom. The Morgan fingerprint density at radius 1 is 1.26 bits per heavy atom. The highest BCUT2D eigenvalue weighted by molar-refractivity contribution is 5.94. The average Bonchev–Trinajstić information content (AvgIpc) is 3.30. The summed E-state index contributed by atoms with van der Waals surface area (Å²) in [4.78, 5) is 27.9. The van der Waals surface area contributed by atoms with Crippen LogP contribution in [0.1, 0.15) is 34.2 Å². The van der Waals surface area contributed by atoms with E-state index in [1.165, 1.54) is 12.1 Å². The first-order valence-electron chi connectivity index (χ1n) is 8.90. The van der Waals surface area contributed by atoms with E-state index in [4.69, 9.17) is 4.98 Å². The number of aryl methyl sites for hydroxylation is 2. The zero-order valence-electron chi connectivity index (χ0n) is 15.3. The first kappa shape index (κ1) is 17.3. The number of carbonyl (C=O) groups is 1. The van der Waals surface area contributed by atoms with Crippen LogP contribution >= 0.6 is 0 Å². The Kier molecular flexibility index (Phi) is 4.43. The van der Waals surface area contributed by atoms with Crippen LogP contribution in [0.3, 0.4) is 0 Å². The molecule has 0 saturated carbocycles. The molecule has 0 aliphatic carbocycles. The Morgan fingerprint density at radius 3 is 2.81 bits per heavy atom. The van der Waals surface area contributed by atoms with Crippen LogP contribution in [-0.4, -0.2) is 43.4 Å². The van der Waals surface area contributed by atoms with E-state index in [0.29, 0.717) is 18.9 Å². The van der Waals surface area contributed by atoms with Crippen LogP contribution in [0.15, 0.2) is 42.7 Å². The number of nitrogens with zero attached hydrogens (tertiary/aromatic N) is 5. The second-order valence-electron chi connectivity index (χ2n) is 6.83. The third kappa shape index (κ3) is 3.32. The lowest BCUT2D eigenvalue weighted by molar-refractivity contribution is 0.0786. The van der Waals surface area contributed by atoms with Crippen LogP contribution < -0.4 is 0 Å². The molecule has 1 saturated heterocycles. The minimum absolute atomic E-state index is 0.0274. The Labute approximate surface area is 156 Å². The quantitative estimate of drug-likeness (QED) is 0.716. The molecule has 1 aromatic carbocycles. The number of hydrogen-bond acceptors (Lipinski definition) is 4. The number of imidazole rings is 1. The number of rotatable bonds is 3. The minimum Gasteiger partial charge on any atom is -0.338 e. The lowest BCUT2D eigenvalue weighted by Gasteiger charge is -2.17. The van der Waals surface area contributed by atoms with Gasteiger partial charge in [0.1, 0.15) is 17.3 Å². The van der Waals surface area contributed by atoms with Crippen LogP contribution in [0.4, 0.5) is 4.39 Å². The second-order valence-corrected chi connectivity index (χ2v) is 6.83. The summed E-state index contributed by atoms with van der Waals surface area (Å²) in [6, 6.07) is 7.99. The molecule has 4 rings (SSSR count). The number of likely N-dealkylation sites (tertiary alicyclic amines) is 1. The van der Waals surface area contributed by atoms with Gasteiger partial charge in [0.2, 0.25) is 0 Å². The van der Waals surface area contributed by atoms with Crippen molar-refractivity contribution < 1.29 is 9.18 Å². The summed E-state index contributed by atoms with van der Waals surface area (Å²) in [7, 11) is 1.92. The molecular weight excluding hydrogens is 345 g/mol. The SMILES string of the molecule is Cc1cc(-c2nccn2C)nc([C@@H]2CCN(C(=O)c3ccccc3F)C2)n1. The molecule has 0 N–H and O–H groups in total. The van der Waals surface area contributed by atoms with Gasteiger partial charge in [-0.2, -0.15) is 0 Å². The molecular formula is C20H20FN5O. The summed E-state index contributed by atoms with van der Waals surface area (Å²) in [5, 5.41) is 0. The summed E-state index contributed by atoms with van der Waals surface area (Å²) in [6.07, 6.45) is 4.36. The van der Waals surface area contributed by atoms with Gasteiger partial charge >= 0.3 is 0 Å². The number of carbonyl (C=O) groups excluding carboxylic acids is 1. The number of benzene rings is 1. The zero-order valence-corrected chi connectivity index (χ0v) is 15.3. The van der Waals surface area contributed by atoms with Gasteiger partial charge in [-0.1, -0.05) is 12.1 Å². The molecule has 1 aliphatic rings. The standard InChI is InChI=1S/C20H20FN5O/c1-13-11-17(19-22-8-10-25(19)2)24-18(23-13)14-7-9-26(12-14)20(27)15-5-3-4-6-16(15)21/h3-6,8,10-11,14H,7,9,12H2,1-2H3/t14-/m1/s1. The molecule has 6 nitrogen and oxygen atoms in total. The molecule has 0 radical (unpaired) electrons. The first-order valence-corrected chi connectivity index (χ1v) is 8.90. The third-order valence-electron chi connectivity index (χ3n) is 4.87. The van der Waals surface area contributed by atoms with Crippen LogP contribution in [0, 0.1) is 12.7 Å². The fourth-order valence-electron chi connectivity index (χ4n) is 3.46. The maximum absolute atomic E-state index is 13.9. The summed E-state index contributed by atoms with van der Waals surface area (Å²) < 4.78 is 15.8. The Balaban J connectivity index is 1.57. The molecule has 1 aliphatic heterocycles. The minimum atomic E-state index is -0.491. The number of hydrogen-bond donors (Lipinski definition) is 0. The largest absolute Gasteiger partial charge is 0.338 e. The van der Waals surface area contributed by atoms with Crippen molar-refractivity contribution in [3.8, 4) is 11.5 Å². The van der Waals surface area contributed by atoms with Crippen LogP contribution in [-0.2, 0) is 7.05 Å². The highest BCUT2D eigenvalue weighted by Crippen LogP contribution is 2.28. The maximum Gasteiger partial charge on any atom is 0.256 e. The van der Waals surface area contributed by atoms with E-state index >= 15 is 0 Å². The topological polar surface area (TPSA) is 63.9 Å². The van der Waals surface area contributed by atoms with Crippen molar-refractivity contribution in [2.75, 3.05) is 13.1 Å². The smallest absolute Gasteiger partial charge is 0.256 e. The number of aromatic nitrogens is 4. The average molecular weight is 365 g/mol. The van der Waals surface area contributed by atoms with Crippen molar-refractivity contribution in [2.24, 2.45) is 7.05 Å². The van der Waals surface area contributed by atoms with Crippen molar-refractivity contribution in [2.45, 2.75) is 19.3 Å². The van der Waals surface area contributed by atoms with E-state index in [2.05, 4.69) is 9.97 Å². The number of halogens is 1. The lowest BCUT2D eigenvalue weighted by atomic mass is 10.1. The lowest BCUT2D eigenvalue weighted by Crippen LogP contribution is -2.29. The van der Waals surface area contributed by atoms with E-state index in [9.17, 15) is 9.18 Å². The van der Waals surface area contributed by atoms with Crippen LogP contribution in [0.5, 0.6) is 0 Å². The van der Waals surface area contributed by atoms with E-state index in [1.54, 1.807) is 23.2 Å². The van der Waals surface area contributed by atoms with E-state index in [-0.39, 0.29) is 17.4 Å². The third-order valence-corrected chi connectivity index (χ3v) is 4.87. The van der Waals surface area contributed by atoms with E-state index in [1.807, 2.05) is 30.8 Å². The van der Waals surface area contributed by atoms with E-state index < -0.39 is 5.82 Å². The molecule has 0 unspecified atom stereocenters. The van der Waals surface area contributed by atoms with Gasteiger partial charge in [0.05, 0.1) is 5.56 Å². The summed E-state index contributed by atoms with van der Waals surface area (Å²) in [5.74, 6) is 0.734. The molecule has 1 amide bonds. The molecule has 3 aromatic rings. The highest BCUT2D eigenvalue weighted by atomic mass is 19.1. The predicted octanol–water partition coefficient (Wildman–Crippen LogP) is 2.95. The molecule has 2 aromatic heterocycles. The van der Waals surface area contributed by atoms with Crippen molar-refractivity contribution in [1.82, 2.24) is 24.4 Å². The van der Waals surface area contributed by atoms with Crippen LogP contribution in [0.2, 0.25) is 0 Å². The molecule has 0 bridgehead atoms. The predicted molar refractivity (Wildman–Crippen MR) is 98.6 cm³/mol. The normalized spacial score (nSPS) is 16.7. The summed E-state index contributed by atoms with van der Waals surface area (Å²) in [6.45, 7) is 2.97. The van der Waals surface area contributed by atoms with E-state index in [0.717, 1.165) is 23.6 Å². The maximum atomic E-state index is 13.9. The summed E-state index contributed by atoms with van der Waals surface area (Å²) >= 11 is 0. The fourth-order valence-corrected chi connectivity index (χ4v) is 3.46. The zero-order chi connectivity index (χ0) is 19.0. The van der Waals surface area contributed by atoms with Gasteiger partial charge in [0.25, 0.3) is 5.91 Å². The monoisotopic (exact) mass is 365 g/mol. The molecule has 138 valence electrons. The van der Waals surface area contributed by atoms with Crippen molar-refractivity contribution in [3.63, 3.8) is 0 Å². The van der Waals surface area contributed by atoms with Crippen molar-refractivity contribution in [3.05, 3.63) is 65.6 Å². The summed E-state index contributed by atoms with van der Waals surface area (Å²) in [5.41, 5.74) is 1.73. The number of amides is 1. The van der Waals surface area contributed by atoms with Gasteiger partial charge < -0.3 is 9.47 Å². The van der Waals surface area contributed by atoms with Gasteiger partial charge in [-0.25, -0.2) is 19.3 Å². The van der Waals surface area contributed by atoms with Crippen molar-refractivity contribution >= 4 is 5.91 Å². The highest BCUT2D eigenvalue weighted by Gasteiger charge is 2.31. The Bertz CT molecular complexity index is 1000. The van der Waals surface area contributed by atoms with Gasteiger partial charge in [0, 0.05) is 44.1 Å². The molecule has 3 heterocycles. The van der Waals surface area contributed by atoms with Gasteiger partial charge in [-0.05, 0) is 31.5 Å². The molecule has 1 atom stereocenters. The molecule has 7 heteroatoms. The van der Waals surface area contributed by atoms with Crippen LogP contribution in [0.25, 0.3) is 11.5 Å². The first-order chi connectivity index (χ1) is 13.0. The van der Waals surface area contributed by atoms with Gasteiger partial charge in [-0.3, -0.25) is 4.79 Å².